The summed E-state index contributed by atoms with van der Waals surface area (Å²) in [7, 11) is 0. The summed E-state index contributed by atoms with van der Waals surface area (Å²) in [5.41, 5.74) is -0.460. The van der Waals surface area contributed by atoms with Gasteiger partial charge in [-0.2, -0.15) is 0 Å². The van der Waals surface area contributed by atoms with Gasteiger partial charge in [-0.25, -0.2) is 0 Å². The third kappa shape index (κ3) is 2.04. The van der Waals surface area contributed by atoms with E-state index in [4.69, 9.17) is 15.9 Å². The van der Waals surface area contributed by atoms with E-state index in [1.807, 2.05) is 27.7 Å². The zero-order valence-electron chi connectivity index (χ0n) is 8.89. The summed E-state index contributed by atoms with van der Waals surface area (Å²) >= 11 is 0. The minimum absolute atomic E-state index is 0.138. The average molecular weight is 182 g/mol. The van der Waals surface area contributed by atoms with Crippen molar-refractivity contribution in [2.75, 3.05) is 0 Å². The Morgan fingerprint density at radius 3 is 2.00 bits per heavy atom. The Morgan fingerprint density at radius 2 is 1.62 bits per heavy atom. The maximum absolute atomic E-state index is 5.75. The van der Waals surface area contributed by atoms with E-state index in [0.29, 0.717) is 6.42 Å². The summed E-state index contributed by atoms with van der Waals surface area (Å²) in [6, 6.07) is 0. The van der Waals surface area contributed by atoms with Crippen LogP contribution in [0.25, 0.3) is 0 Å². The predicted molar refractivity (Wildman–Crippen MR) is 52.2 cm³/mol. The lowest BCUT2D eigenvalue weighted by Crippen LogP contribution is -2.41. The van der Waals surface area contributed by atoms with E-state index in [1.54, 1.807) is 0 Å². The second-order valence-electron chi connectivity index (χ2n) is 4.43. The monoisotopic (exact) mass is 182 g/mol. The van der Waals surface area contributed by atoms with Crippen molar-refractivity contribution in [3.63, 3.8) is 0 Å². The third-order valence-electron chi connectivity index (χ3n) is 2.83. The van der Waals surface area contributed by atoms with Gasteiger partial charge in [0, 0.05) is 12.8 Å². The molecule has 0 bridgehead atoms. The first kappa shape index (κ1) is 10.6. The van der Waals surface area contributed by atoms with Crippen molar-refractivity contribution >= 4 is 0 Å². The summed E-state index contributed by atoms with van der Waals surface area (Å²) in [5, 5.41) is 0. The van der Waals surface area contributed by atoms with Crippen LogP contribution in [0.4, 0.5) is 0 Å². The Labute approximate surface area is 80.6 Å². The Bertz CT molecular complexity index is 207. The van der Waals surface area contributed by atoms with Gasteiger partial charge in [0.15, 0.2) is 6.29 Å². The van der Waals surface area contributed by atoms with E-state index in [1.165, 1.54) is 0 Å². The zero-order valence-corrected chi connectivity index (χ0v) is 8.89. The topological polar surface area (TPSA) is 18.5 Å². The van der Waals surface area contributed by atoms with E-state index < -0.39 is 0 Å². The molecule has 0 atom stereocenters. The standard InChI is InChI=1S/C11H18O2/c1-6-7-8-9-12-10(2,3)11(4,5)13-9/h1,9H,7-8H2,2-5H3. The van der Waals surface area contributed by atoms with Crippen LogP contribution >= 0.6 is 0 Å². The Hall–Kier alpha value is -0.520. The minimum Gasteiger partial charge on any atom is -0.344 e. The number of rotatable bonds is 2. The van der Waals surface area contributed by atoms with Crippen molar-refractivity contribution in [3.8, 4) is 12.3 Å². The molecule has 1 aliphatic rings. The maximum atomic E-state index is 5.75. The number of hydrogen-bond acceptors (Lipinski definition) is 2. The highest BCUT2D eigenvalue weighted by molar-refractivity contribution is 4.95. The lowest BCUT2D eigenvalue weighted by atomic mass is 9.90. The zero-order chi connectivity index (χ0) is 10.1. The second kappa shape index (κ2) is 3.32. The first-order chi connectivity index (χ1) is 5.89. The molecule has 1 saturated heterocycles. The largest absolute Gasteiger partial charge is 0.344 e. The number of terminal acetylenes is 1. The van der Waals surface area contributed by atoms with Gasteiger partial charge in [0.1, 0.15) is 0 Å². The molecule has 0 amide bonds. The highest BCUT2D eigenvalue weighted by atomic mass is 16.7. The normalized spacial score (nSPS) is 25.8. The molecule has 0 unspecified atom stereocenters. The van der Waals surface area contributed by atoms with Crippen molar-refractivity contribution in [1.82, 2.24) is 0 Å². The number of ether oxygens (including phenoxy) is 2. The van der Waals surface area contributed by atoms with Crippen LogP contribution in [0.15, 0.2) is 0 Å². The first-order valence-corrected chi connectivity index (χ1v) is 4.68. The molecule has 0 aliphatic carbocycles. The lowest BCUT2D eigenvalue weighted by molar-refractivity contribution is -0.0892. The van der Waals surface area contributed by atoms with Gasteiger partial charge in [-0.3, -0.25) is 0 Å². The van der Waals surface area contributed by atoms with Crippen molar-refractivity contribution in [2.45, 2.75) is 58.0 Å². The van der Waals surface area contributed by atoms with Crippen LogP contribution in [0, 0.1) is 12.3 Å². The molecule has 0 aromatic rings. The van der Waals surface area contributed by atoms with Crippen LogP contribution in [0.2, 0.25) is 0 Å². The van der Waals surface area contributed by atoms with Crippen LogP contribution < -0.4 is 0 Å². The molecule has 1 rings (SSSR count). The van der Waals surface area contributed by atoms with Crippen molar-refractivity contribution < 1.29 is 9.47 Å². The molecule has 2 heteroatoms. The van der Waals surface area contributed by atoms with Gasteiger partial charge in [0.2, 0.25) is 0 Å². The summed E-state index contributed by atoms with van der Waals surface area (Å²) in [5.74, 6) is 2.59. The smallest absolute Gasteiger partial charge is 0.160 e. The fraction of sp³-hybridized carbons (Fsp3) is 0.818. The molecule has 2 nitrogen and oxygen atoms in total. The Balaban J connectivity index is 2.56. The molecular formula is C11H18O2. The molecule has 1 aliphatic heterocycles. The van der Waals surface area contributed by atoms with Gasteiger partial charge in [0.25, 0.3) is 0 Å². The highest BCUT2D eigenvalue weighted by Gasteiger charge is 2.48. The Morgan fingerprint density at radius 1 is 1.15 bits per heavy atom. The predicted octanol–water partition coefficient (Wildman–Crippen LogP) is 2.33. The molecule has 0 aromatic heterocycles. The van der Waals surface area contributed by atoms with Gasteiger partial charge in [0.05, 0.1) is 11.2 Å². The molecular weight excluding hydrogens is 164 g/mol. The van der Waals surface area contributed by atoms with Gasteiger partial charge in [-0.05, 0) is 27.7 Å². The fourth-order valence-corrected chi connectivity index (χ4v) is 1.28. The molecule has 1 heterocycles. The van der Waals surface area contributed by atoms with Crippen LogP contribution in [-0.2, 0) is 9.47 Å². The van der Waals surface area contributed by atoms with Crippen molar-refractivity contribution in [3.05, 3.63) is 0 Å². The summed E-state index contributed by atoms with van der Waals surface area (Å²) in [6.45, 7) is 8.18. The van der Waals surface area contributed by atoms with Gasteiger partial charge in [-0.15, -0.1) is 12.3 Å². The first-order valence-electron chi connectivity index (χ1n) is 4.68. The highest BCUT2D eigenvalue weighted by Crippen LogP contribution is 2.39. The number of hydrogen-bond donors (Lipinski definition) is 0. The van der Waals surface area contributed by atoms with Crippen LogP contribution in [0.5, 0.6) is 0 Å². The molecule has 0 N–H and O–H groups in total. The van der Waals surface area contributed by atoms with Crippen molar-refractivity contribution in [1.29, 1.82) is 0 Å². The van der Waals surface area contributed by atoms with E-state index in [9.17, 15) is 0 Å². The van der Waals surface area contributed by atoms with Gasteiger partial charge in [-0.1, -0.05) is 0 Å². The summed E-state index contributed by atoms with van der Waals surface area (Å²) < 4.78 is 11.5. The SMILES string of the molecule is C#CCCC1OC(C)(C)C(C)(C)O1. The quantitative estimate of drug-likeness (QED) is 0.610. The molecule has 0 aromatic carbocycles. The van der Waals surface area contributed by atoms with Crippen LogP contribution in [0.1, 0.15) is 40.5 Å². The van der Waals surface area contributed by atoms with Crippen molar-refractivity contribution in [2.24, 2.45) is 0 Å². The summed E-state index contributed by atoms with van der Waals surface area (Å²) in [6.07, 6.45) is 6.53. The third-order valence-corrected chi connectivity index (χ3v) is 2.83. The average Bonchev–Trinajstić information content (AvgIpc) is 2.17. The molecule has 1 fully saturated rings. The van der Waals surface area contributed by atoms with E-state index in [-0.39, 0.29) is 17.5 Å². The molecule has 0 spiro atoms. The maximum Gasteiger partial charge on any atom is 0.160 e. The minimum atomic E-state index is -0.230. The molecule has 0 saturated carbocycles. The second-order valence-corrected chi connectivity index (χ2v) is 4.43. The van der Waals surface area contributed by atoms with E-state index >= 15 is 0 Å². The Kier molecular flexibility index (Phi) is 2.70. The lowest BCUT2D eigenvalue weighted by Gasteiger charge is -2.30. The summed E-state index contributed by atoms with van der Waals surface area (Å²) in [4.78, 5) is 0. The van der Waals surface area contributed by atoms with Gasteiger partial charge < -0.3 is 9.47 Å². The van der Waals surface area contributed by atoms with E-state index in [2.05, 4.69) is 5.92 Å². The molecule has 0 radical (unpaired) electrons. The van der Waals surface area contributed by atoms with E-state index in [0.717, 1.165) is 6.42 Å². The fourth-order valence-electron chi connectivity index (χ4n) is 1.28. The van der Waals surface area contributed by atoms with Crippen LogP contribution in [-0.4, -0.2) is 17.5 Å². The molecule has 74 valence electrons. The van der Waals surface area contributed by atoms with Gasteiger partial charge >= 0.3 is 0 Å². The molecule has 13 heavy (non-hydrogen) atoms. The van der Waals surface area contributed by atoms with Crippen LogP contribution in [0.3, 0.4) is 0 Å².